The fourth-order valence-electron chi connectivity index (χ4n) is 3.90. The van der Waals surface area contributed by atoms with Crippen LogP contribution in [-0.2, 0) is 30.9 Å². The summed E-state index contributed by atoms with van der Waals surface area (Å²) < 4.78 is 25.0. The van der Waals surface area contributed by atoms with E-state index in [-0.39, 0.29) is 35.7 Å². The standard InChI is InChI=1S/C24H30N2O4S/c27-23(14-15-25-24(28)21-11-5-2-6-12-21)26-22-13-7-10-20(16-22)18-31(29,30)17-19-8-3-1-4-9-19/h1,3-4,7-10,13,16,21H,2,5-6,11-12,14-15,17-18H2,(H,25,28)(H,26,27). The Morgan fingerprint density at radius 3 is 2.29 bits per heavy atom. The predicted octanol–water partition coefficient (Wildman–Crippen LogP) is 3.83. The lowest BCUT2D eigenvalue weighted by Gasteiger charge is -2.20. The molecule has 2 aromatic carbocycles. The molecule has 0 bridgehead atoms. The molecule has 0 saturated heterocycles. The molecule has 7 heteroatoms. The molecule has 3 rings (SSSR count). The monoisotopic (exact) mass is 442 g/mol. The molecule has 2 amide bonds. The highest BCUT2D eigenvalue weighted by molar-refractivity contribution is 7.89. The van der Waals surface area contributed by atoms with E-state index in [1.165, 1.54) is 6.42 Å². The summed E-state index contributed by atoms with van der Waals surface area (Å²) in [6.45, 7) is 0.298. The van der Waals surface area contributed by atoms with Crippen LogP contribution in [0.4, 0.5) is 5.69 Å². The number of benzene rings is 2. The van der Waals surface area contributed by atoms with E-state index < -0.39 is 9.84 Å². The molecule has 1 aliphatic carbocycles. The highest BCUT2D eigenvalue weighted by atomic mass is 32.2. The van der Waals surface area contributed by atoms with Crippen LogP contribution in [0.25, 0.3) is 0 Å². The molecule has 2 aromatic rings. The fourth-order valence-corrected chi connectivity index (χ4v) is 5.39. The van der Waals surface area contributed by atoms with Crippen molar-refractivity contribution in [2.45, 2.75) is 50.0 Å². The number of carbonyl (C=O) groups is 2. The van der Waals surface area contributed by atoms with Gasteiger partial charge in [-0.15, -0.1) is 0 Å². The van der Waals surface area contributed by atoms with Crippen LogP contribution in [0, 0.1) is 5.92 Å². The Kier molecular flexibility index (Phi) is 8.23. The van der Waals surface area contributed by atoms with Crippen molar-refractivity contribution < 1.29 is 18.0 Å². The van der Waals surface area contributed by atoms with Crippen LogP contribution in [0.3, 0.4) is 0 Å². The maximum atomic E-state index is 12.5. The Hall–Kier alpha value is -2.67. The lowest BCUT2D eigenvalue weighted by Crippen LogP contribution is -2.34. The van der Waals surface area contributed by atoms with Gasteiger partial charge in [-0.05, 0) is 36.1 Å². The van der Waals surface area contributed by atoms with E-state index in [0.29, 0.717) is 17.8 Å². The Balaban J connectivity index is 1.47. The van der Waals surface area contributed by atoms with Gasteiger partial charge in [-0.25, -0.2) is 8.42 Å². The summed E-state index contributed by atoms with van der Waals surface area (Å²) in [6.07, 6.45) is 5.41. The molecule has 0 radical (unpaired) electrons. The largest absolute Gasteiger partial charge is 0.355 e. The van der Waals surface area contributed by atoms with Crippen molar-refractivity contribution >= 4 is 27.3 Å². The molecule has 0 unspecified atom stereocenters. The van der Waals surface area contributed by atoms with Gasteiger partial charge in [0.1, 0.15) is 0 Å². The molecule has 0 spiro atoms. The van der Waals surface area contributed by atoms with Crippen LogP contribution >= 0.6 is 0 Å². The van der Waals surface area contributed by atoms with Crippen molar-refractivity contribution in [3.05, 3.63) is 65.7 Å². The predicted molar refractivity (Wildman–Crippen MR) is 122 cm³/mol. The van der Waals surface area contributed by atoms with E-state index in [9.17, 15) is 18.0 Å². The number of sulfone groups is 1. The lowest BCUT2D eigenvalue weighted by molar-refractivity contribution is -0.126. The number of rotatable bonds is 9. The quantitative estimate of drug-likeness (QED) is 0.617. The molecule has 1 saturated carbocycles. The molecule has 0 heterocycles. The van der Waals surface area contributed by atoms with Crippen LogP contribution in [0.2, 0.25) is 0 Å². The van der Waals surface area contributed by atoms with Gasteiger partial charge < -0.3 is 10.6 Å². The summed E-state index contributed by atoms with van der Waals surface area (Å²) >= 11 is 0. The van der Waals surface area contributed by atoms with Crippen LogP contribution in [0.15, 0.2) is 54.6 Å². The third kappa shape index (κ3) is 7.83. The Bertz CT molecular complexity index is 984. The molecule has 0 aliphatic heterocycles. The van der Waals surface area contributed by atoms with Gasteiger partial charge in [0.2, 0.25) is 11.8 Å². The maximum Gasteiger partial charge on any atom is 0.226 e. The van der Waals surface area contributed by atoms with Crippen molar-refractivity contribution in [3.8, 4) is 0 Å². The summed E-state index contributed by atoms with van der Waals surface area (Å²) in [7, 11) is -3.33. The number of hydrogen-bond acceptors (Lipinski definition) is 4. The zero-order chi connectivity index (χ0) is 22.1. The lowest BCUT2D eigenvalue weighted by atomic mass is 9.89. The van der Waals surface area contributed by atoms with Gasteiger partial charge in [0.15, 0.2) is 9.84 Å². The molecular formula is C24H30N2O4S. The molecule has 0 aromatic heterocycles. The minimum atomic E-state index is -3.33. The SMILES string of the molecule is O=C(CCNC(=O)C1CCCCC1)Nc1cccc(CS(=O)(=O)Cc2ccccc2)c1. The second-order valence-electron chi connectivity index (χ2n) is 8.14. The zero-order valence-corrected chi connectivity index (χ0v) is 18.5. The summed E-state index contributed by atoms with van der Waals surface area (Å²) in [4.78, 5) is 24.4. The van der Waals surface area contributed by atoms with Crippen LogP contribution in [-0.4, -0.2) is 26.8 Å². The molecule has 1 aliphatic rings. The van der Waals surface area contributed by atoms with Crippen molar-refractivity contribution in [3.63, 3.8) is 0 Å². The molecule has 166 valence electrons. The first-order chi connectivity index (χ1) is 14.9. The number of hydrogen-bond donors (Lipinski definition) is 2. The average molecular weight is 443 g/mol. The summed E-state index contributed by atoms with van der Waals surface area (Å²) in [5.74, 6) is -0.216. The van der Waals surface area contributed by atoms with Gasteiger partial charge in [0.05, 0.1) is 11.5 Å². The average Bonchev–Trinajstić information content (AvgIpc) is 2.74. The summed E-state index contributed by atoms with van der Waals surface area (Å²) in [5, 5.41) is 5.64. The van der Waals surface area contributed by atoms with Gasteiger partial charge in [-0.2, -0.15) is 0 Å². The summed E-state index contributed by atoms with van der Waals surface area (Å²) in [5.41, 5.74) is 1.93. The van der Waals surface area contributed by atoms with E-state index in [1.807, 2.05) is 18.2 Å². The topological polar surface area (TPSA) is 92.3 Å². The van der Waals surface area contributed by atoms with Crippen LogP contribution < -0.4 is 10.6 Å². The Morgan fingerprint density at radius 2 is 1.55 bits per heavy atom. The number of anilines is 1. The van der Waals surface area contributed by atoms with E-state index >= 15 is 0 Å². The van der Waals surface area contributed by atoms with Crippen LogP contribution in [0.1, 0.15) is 49.7 Å². The van der Waals surface area contributed by atoms with Gasteiger partial charge in [-0.3, -0.25) is 9.59 Å². The van der Waals surface area contributed by atoms with Crippen LogP contribution in [0.5, 0.6) is 0 Å². The fraction of sp³-hybridized carbons (Fsp3) is 0.417. The smallest absolute Gasteiger partial charge is 0.226 e. The normalized spacial score (nSPS) is 14.7. The first-order valence-electron chi connectivity index (χ1n) is 10.8. The number of carbonyl (C=O) groups excluding carboxylic acids is 2. The van der Waals surface area contributed by atoms with Gasteiger partial charge >= 0.3 is 0 Å². The van der Waals surface area contributed by atoms with E-state index in [0.717, 1.165) is 31.2 Å². The van der Waals surface area contributed by atoms with Crippen molar-refractivity contribution in [2.75, 3.05) is 11.9 Å². The first kappa shape index (κ1) is 23.0. The third-order valence-corrected chi connectivity index (χ3v) is 7.00. The van der Waals surface area contributed by atoms with Gasteiger partial charge in [0.25, 0.3) is 0 Å². The molecule has 2 N–H and O–H groups in total. The third-order valence-electron chi connectivity index (χ3n) is 5.45. The zero-order valence-electron chi connectivity index (χ0n) is 17.7. The maximum absolute atomic E-state index is 12.5. The van der Waals surface area contributed by atoms with Crippen molar-refractivity contribution in [2.24, 2.45) is 5.92 Å². The van der Waals surface area contributed by atoms with E-state index in [1.54, 1.807) is 36.4 Å². The molecule has 6 nitrogen and oxygen atoms in total. The highest BCUT2D eigenvalue weighted by Gasteiger charge is 2.20. The van der Waals surface area contributed by atoms with E-state index in [2.05, 4.69) is 10.6 Å². The summed E-state index contributed by atoms with van der Waals surface area (Å²) in [6, 6.07) is 16.0. The van der Waals surface area contributed by atoms with Gasteiger partial charge in [-0.1, -0.05) is 61.7 Å². The van der Waals surface area contributed by atoms with Crippen molar-refractivity contribution in [1.29, 1.82) is 0 Å². The minimum Gasteiger partial charge on any atom is -0.355 e. The Labute approximate surface area is 184 Å². The number of amides is 2. The highest BCUT2D eigenvalue weighted by Crippen LogP contribution is 2.23. The first-order valence-corrected chi connectivity index (χ1v) is 12.6. The second-order valence-corrected chi connectivity index (χ2v) is 10.2. The number of nitrogens with one attached hydrogen (secondary N) is 2. The minimum absolute atomic E-state index is 0.0227. The molecular weight excluding hydrogens is 412 g/mol. The second kappa shape index (κ2) is 11.1. The van der Waals surface area contributed by atoms with Gasteiger partial charge in [0, 0.05) is 24.6 Å². The molecule has 31 heavy (non-hydrogen) atoms. The van der Waals surface area contributed by atoms with E-state index in [4.69, 9.17) is 0 Å². The van der Waals surface area contributed by atoms with Crippen molar-refractivity contribution in [1.82, 2.24) is 5.32 Å². The Morgan fingerprint density at radius 1 is 0.871 bits per heavy atom. The molecule has 1 fully saturated rings. The molecule has 0 atom stereocenters.